The van der Waals surface area contributed by atoms with Crippen molar-refractivity contribution < 1.29 is 42.5 Å². The Kier molecular flexibility index (Phi) is 37.4. The summed E-state index contributed by atoms with van der Waals surface area (Å²) < 4.78 is 33.5. The molecule has 0 aromatic heterocycles. The Labute approximate surface area is 316 Å². The zero-order valence-corrected chi connectivity index (χ0v) is 35.0. The van der Waals surface area contributed by atoms with Gasteiger partial charge >= 0.3 is 29.6 Å². The van der Waals surface area contributed by atoms with Crippen molar-refractivity contribution in [2.75, 3.05) is 0 Å². The molecule has 0 aliphatic carbocycles. The van der Waals surface area contributed by atoms with Crippen molar-refractivity contribution in [1.82, 2.24) is 0 Å². The first-order valence-electron chi connectivity index (χ1n) is 18.9. The summed E-state index contributed by atoms with van der Waals surface area (Å²) in [4.78, 5) is -0.0501. The molecular weight excluding hydrogens is 621 g/mol. The number of halogens is 1. The van der Waals surface area contributed by atoms with E-state index in [0.717, 1.165) is 12.8 Å². The van der Waals surface area contributed by atoms with Gasteiger partial charge in [0.2, 0.25) is 0 Å². The number of benzene rings is 1. The zero-order valence-electron chi connectivity index (χ0n) is 31.4. The van der Waals surface area contributed by atoms with Gasteiger partial charge in [0.05, 0.1) is 4.90 Å². The maximum Gasteiger partial charge on any atom is 1.00 e. The third-order valence-electron chi connectivity index (χ3n) is 9.30. The first-order chi connectivity index (χ1) is 21.0. The molecule has 0 spiro atoms. The van der Waals surface area contributed by atoms with E-state index in [-0.39, 0.29) is 52.4 Å². The number of hydrogen-bond donors (Lipinski definition) is 1. The maximum absolute atomic E-state index is 11.2. The van der Waals surface area contributed by atoms with E-state index in [0.29, 0.717) is 17.9 Å². The molecule has 0 amide bonds. The van der Waals surface area contributed by atoms with Gasteiger partial charge in [-0.15, -0.1) is 12.4 Å². The number of aryl methyl sites for hydroxylation is 1. The second-order valence-corrected chi connectivity index (χ2v) is 15.4. The molecule has 0 bridgehead atoms. The summed E-state index contributed by atoms with van der Waals surface area (Å²) in [6.45, 7) is 11.1. The molecule has 0 fully saturated rings. The molecule has 0 saturated carbocycles. The van der Waals surface area contributed by atoms with Crippen molar-refractivity contribution in [2.45, 2.75) is 212 Å². The van der Waals surface area contributed by atoms with Gasteiger partial charge in [0.1, 0.15) is 10.1 Å². The van der Waals surface area contributed by atoms with Crippen LogP contribution in [-0.2, 0) is 16.5 Å². The molecular formula is C39H75ClNNaO3S. The molecule has 1 aromatic rings. The van der Waals surface area contributed by atoms with Crippen LogP contribution < -0.4 is 35.3 Å². The van der Waals surface area contributed by atoms with E-state index in [1.165, 1.54) is 154 Å². The van der Waals surface area contributed by atoms with Gasteiger partial charge in [-0.2, -0.15) is 0 Å². The van der Waals surface area contributed by atoms with Gasteiger partial charge in [0, 0.05) is 5.54 Å². The van der Waals surface area contributed by atoms with Crippen molar-refractivity contribution in [2.24, 2.45) is 11.7 Å². The van der Waals surface area contributed by atoms with Crippen LogP contribution in [0.4, 0.5) is 0 Å². The average molecular weight is 697 g/mol. The van der Waals surface area contributed by atoms with Crippen molar-refractivity contribution in [3.8, 4) is 0 Å². The van der Waals surface area contributed by atoms with Gasteiger partial charge in [-0.3, -0.25) is 0 Å². The van der Waals surface area contributed by atoms with E-state index < -0.39 is 10.1 Å². The molecule has 1 rings (SSSR count). The molecule has 1 aromatic carbocycles. The Morgan fingerprint density at radius 1 is 0.630 bits per heavy atom. The Hall–Kier alpha value is 0.380. The predicted molar refractivity (Wildman–Crippen MR) is 200 cm³/mol. The zero-order chi connectivity index (χ0) is 32.9. The van der Waals surface area contributed by atoms with Gasteiger partial charge in [0.25, 0.3) is 0 Å². The van der Waals surface area contributed by atoms with Crippen LogP contribution >= 0.6 is 12.4 Å². The largest absolute Gasteiger partial charge is 1.00 e. The van der Waals surface area contributed by atoms with Crippen molar-refractivity contribution in [1.29, 1.82) is 0 Å². The molecule has 0 saturated heterocycles. The summed E-state index contributed by atoms with van der Waals surface area (Å²) in [6.07, 6.45) is 34.6. The second kappa shape index (κ2) is 33.9. The molecule has 0 aliphatic heterocycles. The first kappa shape index (κ1) is 50.8. The van der Waals surface area contributed by atoms with Gasteiger partial charge < -0.3 is 10.3 Å². The fourth-order valence-electron chi connectivity index (χ4n) is 5.77. The summed E-state index contributed by atoms with van der Waals surface area (Å²) in [6, 6.07) is 6.56. The van der Waals surface area contributed by atoms with Crippen LogP contribution in [0.25, 0.3) is 0 Å². The number of unbranched alkanes of at least 4 members (excludes halogenated alkanes) is 22. The monoisotopic (exact) mass is 696 g/mol. The summed E-state index contributed by atoms with van der Waals surface area (Å²) >= 11 is 0. The van der Waals surface area contributed by atoms with Crippen LogP contribution in [0.1, 0.15) is 201 Å². The van der Waals surface area contributed by atoms with E-state index in [1.54, 1.807) is 18.2 Å². The van der Waals surface area contributed by atoms with Crippen molar-refractivity contribution >= 4 is 22.5 Å². The van der Waals surface area contributed by atoms with Crippen LogP contribution in [-0.4, -0.2) is 18.5 Å². The van der Waals surface area contributed by atoms with Crippen molar-refractivity contribution in [3.05, 3.63) is 29.8 Å². The quantitative estimate of drug-likeness (QED) is 0.0538. The van der Waals surface area contributed by atoms with Crippen molar-refractivity contribution in [3.63, 3.8) is 0 Å². The molecule has 7 heteroatoms. The Balaban J connectivity index is -0.000000770. The molecule has 0 radical (unpaired) electrons. The second-order valence-electron chi connectivity index (χ2n) is 14.1. The van der Waals surface area contributed by atoms with Crippen LogP contribution in [0.2, 0.25) is 0 Å². The van der Waals surface area contributed by atoms with Gasteiger partial charge in [0.15, 0.2) is 0 Å². The number of rotatable bonds is 28. The molecule has 0 heterocycles. The molecule has 1 atom stereocenters. The third-order valence-corrected chi connectivity index (χ3v) is 10.2. The normalized spacial score (nSPS) is 12.1. The van der Waals surface area contributed by atoms with E-state index in [4.69, 9.17) is 5.73 Å². The molecule has 46 heavy (non-hydrogen) atoms. The molecule has 268 valence electrons. The fraction of sp³-hybridized carbons (Fsp3) is 0.846. The Bertz CT molecular complexity index is 876. The van der Waals surface area contributed by atoms with Crippen LogP contribution in [0.3, 0.4) is 0 Å². The summed E-state index contributed by atoms with van der Waals surface area (Å²) in [7, 11) is -4.35. The van der Waals surface area contributed by atoms with Gasteiger partial charge in [-0.25, -0.2) is 8.42 Å². The van der Waals surface area contributed by atoms with E-state index in [9.17, 15) is 13.0 Å². The SMILES string of the molecule is CCCCCCCCCCCCCCCCC(C)C(C)(C)N.CCCCCCCCCCCCc1ccccc1S(=O)(=O)[O-].Cl.[Na+]. The summed E-state index contributed by atoms with van der Waals surface area (Å²) in [5.41, 5.74) is 6.79. The molecule has 1 unspecified atom stereocenters. The average Bonchev–Trinajstić information content (AvgIpc) is 2.97. The molecule has 2 N–H and O–H groups in total. The third kappa shape index (κ3) is 31.6. The minimum Gasteiger partial charge on any atom is -0.744 e. The van der Waals surface area contributed by atoms with Crippen LogP contribution in [0, 0.1) is 5.92 Å². The summed E-state index contributed by atoms with van der Waals surface area (Å²) in [5, 5.41) is 0. The summed E-state index contributed by atoms with van der Waals surface area (Å²) in [5.74, 6) is 0.643. The number of hydrogen-bond acceptors (Lipinski definition) is 4. The molecule has 4 nitrogen and oxygen atoms in total. The Morgan fingerprint density at radius 3 is 1.30 bits per heavy atom. The predicted octanol–water partition coefficient (Wildman–Crippen LogP) is 9.71. The first-order valence-corrected chi connectivity index (χ1v) is 20.3. The smallest absolute Gasteiger partial charge is 0.744 e. The standard InChI is InChI=1S/C21H45N.C18H30O3S.ClH.Na/c1-5-6-7-8-9-10-11-12-13-14-15-16-17-18-19-20(2)21(3,4)22;1-2-3-4-5-6-7-8-9-10-11-14-17-15-12-13-16-18(17)22(19,20)21;;/h20H,5-19,22H2,1-4H3;12-13,15-16H,2-11,14H2,1H3,(H,19,20,21);1H;/q;;;+1/p-1. The fourth-order valence-corrected chi connectivity index (χ4v) is 6.51. The van der Waals surface area contributed by atoms with Crippen LogP contribution in [0.15, 0.2) is 29.2 Å². The van der Waals surface area contributed by atoms with Gasteiger partial charge in [-0.1, -0.05) is 187 Å². The topological polar surface area (TPSA) is 83.2 Å². The molecule has 0 aliphatic rings. The maximum atomic E-state index is 11.2. The van der Waals surface area contributed by atoms with E-state index >= 15 is 0 Å². The van der Waals surface area contributed by atoms with E-state index in [2.05, 4.69) is 34.6 Å². The van der Waals surface area contributed by atoms with E-state index in [1.807, 2.05) is 0 Å². The minimum absolute atomic E-state index is 0. The van der Waals surface area contributed by atoms with Gasteiger partial charge in [-0.05, 0) is 50.7 Å². The Morgan fingerprint density at radius 2 is 0.957 bits per heavy atom. The van der Waals surface area contributed by atoms with Crippen LogP contribution in [0.5, 0.6) is 0 Å². The minimum atomic E-state index is -4.35. The number of nitrogens with two attached hydrogens (primary N) is 1.